The van der Waals surface area contributed by atoms with E-state index in [0.717, 1.165) is 0 Å². The van der Waals surface area contributed by atoms with Crippen molar-refractivity contribution in [3.63, 3.8) is 0 Å². The Morgan fingerprint density at radius 2 is 1.81 bits per heavy atom. The van der Waals surface area contributed by atoms with Gasteiger partial charge in [-0.1, -0.05) is 6.92 Å². The van der Waals surface area contributed by atoms with E-state index in [1.165, 1.54) is 0 Å². The van der Waals surface area contributed by atoms with Crippen molar-refractivity contribution in [1.82, 2.24) is 0 Å². The molecule has 6 atom stereocenters. The van der Waals surface area contributed by atoms with Crippen LogP contribution in [0.25, 0.3) is 0 Å². The van der Waals surface area contributed by atoms with E-state index in [2.05, 4.69) is 0 Å². The molecular formula is C9H18O7. The monoisotopic (exact) mass is 238 g/mol. The van der Waals surface area contributed by atoms with Gasteiger partial charge in [0, 0.05) is 0 Å². The third kappa shape index (κ3) is 2.89. The Kier molecular flexibility index (Phi) is 5.06. The van der Waals surface area contributed by atoms with E-state index in [1.807, 2.05) is 0 Å². The molecule has 0 spiro atoms. The largest absolute Gasteiger partial charge is 0.394 e. The minimum atomic E-state index is -1.49. The van der Waals surface area contributed by atoms with Crippen molar-refractivity contribution in [1.29, 1.82) is 0 Å². The zero-order valence-corrected chi connectivity index (χ0v) is 8.93. The Bertz CT molecular complexity index is 210. The van der Waals surface area contributed by atoms with Gasteiger partial charge < -0.3 is 35.0 Å². The summed E-state index contributed by atoms with van der Waals surface area (Å²) in [6.07, 6.45) is -7.52. The van der Waals surface area contributed by atoms with Gasteiger partial charge >= 0.3 is 0 Å². The quantitative estimate of drug-likeness (QED) is 0.344. The van der Waals surface area contributed by atoms with Gasteiger partial charge in [-0.05, 0) is 6.42 Å². The van der Waals surface area contributed by atoms with Crippen molar-refractivity contribution >= 4 is 0 Å². The topological polar surface area (TPSA) is 120 Å². The first-order chi connectivity index (χ1) is 7.51. The Balaban J connectivity index is 2.63. The summed E-state index contributed by atoms with van der Waals surface area (Å²) in [4.78, 5) is 0. The maximum Gasteiger partial charge on any atom is 0.189 e. The highest BCUT2D eigenvalue weighted by molar-refractivity contribution is 4.88. The van der Waals surface area contributed by atoms with Crippen molar-refractivity contribution in [3.05, 3.63) is 0 Å². The van der Waals surface area contributed by atoms with Crippen LogP contribution in [0.4, 0.5) is 0 Å². The second-order valence-electron chi connectivity index (χ2n) is 3.70. The molecule has 1 aliphatic heterocycles. The second-order valence-corrected chi connectivity index (χ2v) is 3.70. The van der Waals surface area contributed by atoms with Crippen LogP contribution < -0.4 is 0 Å². The summed E-state index contributed by atoms with van der Waals surface area (Å²) in [7, 11) is 0. The SMILES string of the molecule is CCC(O)OC1O[C@H](CO)[C@@H](O)[C@H](O)[C@H]1O. The molecule has 5 N–H and O–H groups in total. The molecule has 0 aromatic rings. The van der Waals surface area contributed by atoms with E-state index in [0.29, 0.717) is 0 Å². The van der Waals surface area contributed by atoms with E-state index in [1.54, 1.807) is 6.92 Å². The third-order valence-electron chi connectivity index (χ3n) is 2.49. The summed E-state index contributed by atoms with van der Waals surface area (Å²) in [5.41, 5.74) is 0. The molecule has 1 aliphatic rings. The Morgan fingerprint density at radius 1 is 1.19 bits per heavy atom. The zero-order valence-electron chi connectivity index (χ0n) is 8.93. The molecule has 0 saturated carbocycles. The maximum atomic E-state index is 9.51. The minimum Gasteiger partial charge on any atom is -0.394 e. The first-order valence-corrected chi connectivity index (χ1v) is 5.15. The lowest BCUT2D eigenvalue weighted by Gasteiger charge is -2.40. The van der Waals surface area contributed by atoms with Crippen LogP contribution >= 0.6 is 0 Å². The average Bonchev–Trinajstić information content (AvgIpc) is 2.29. The minimum absolute atomic E-state index is 0.287. The lowest BCUT2D eigenvalue weighted by Crippen LogP contribution is -2.59. The summed E-state index contributed by atoms with van der Waals surface area (Å²) in [6, 6.07) is 0. The first kappa shape index (κ1) is 13.8. The normalized spacial score (nSPS) is 42.0. The van der Waals surface area contributed by atoms with Crippen LogP contribution in [0.3, 0.4) is 0 Å². The van der Waals surface area contributed by atoms with Crippen LogP contribution in [0.15, 0.2) is 0 Å². The highest BCUT2D eigenvalue weighted by Crippen LogP contribution is 2.22. The highest BCUT2D eigenvalue weighted by Gasteiger charge is 2.44. The number of hydrogen-bond acceptors (Lipinski definition) is 7. The van der Waals surface area contributed by atoms with Crippen molar-refractivity contribution < 1.29 is 35.0 Å². The molecule has 1 saturated heterocycles. The molecule has 0 aromatic carbocycles. The summed E-state index contributed by atoms with van der Waals surface area (Å²) in [6.45, 7) is 1.14. The van der Waals surface area contributed by atoms with E-state index < -0.39 is 43.6 Å². The molecule has 0 amide bonds. The molecular weight excluding hydrogens is 220 g/mol. The summed E-state index contributed by atoms with van der Waals surface area (Å²) in [5, 5.41) is 46.5. The summed E-state index contributed by atoms with van der Waals surface area (Å²) in [5.74, 6) is 0. The van der Waals surface area contributed by atoms with Gasteiger partial charge in [0.05, 0.1) is 6.61 Å². The molecule has 2 unspecified atom stereocenters. The number of ether oxygens (including phenoxy) is 2. The van der Waals surface area contributed by atoms with Crippen molar-refractivity contribution in [2.75, 3.05) is 6.61 Å². The van der Waals surface area contributed by atoms with Gasteiger partial charge in [-0.15, -0.1) is 0 Å². The number of hydrogen-bond donors (Lipinski definition) is 5. The fraction of sp³-hybridized carbons (Fsp3) is 1.00. The van der Waals surface area contributed by atoms with Crippen LogP contribution in [0.5, 0.6) is 0 Å². The van der Waals surface area contributed by atoms with Crippen LogP contribution in [-0.2, 0) is 9.47 Å². The molecule has 1 rings (SSSR count). The van der Waals surface area contributed by atoms with Crippen molar-refractivity contribution in [2.24, 2.45) is 0 Å². The van der Waals surface area contributed by atoms with Crippen LogP contribution in [0.2, 0.25) is 0 Å². The molecule has 1 fully saturated rings. The Morgan fingerprint density at radius 3 is 2.31 bits per heavy atom. The number of rotatable bonds is 4. The Labute approximate surface area is 92.9 Å². The average molecular weight is 238 g/mol. The van der Waals surface area contributed by atoms with Crippen LogP contribution in [-0.4, -0.2) is 69.1 Å². The van der Waals surface area contributed by atoms with Crippen molar-refractivity contribution in [2.45, 2.75) is 50.3 Å². The first-order valence-electron chi connectivity index (χ1n) is 5.15. The Hall–Kier alpha value is -0.280. The van der Waals surface area contributed by atoms with Crippen molar-refractivity contribution in [3.8, 4) is 0 Å². The molecule has 0 aromatic heterocycles. The molecule has 0 bridgehead atoms. The van der Waals surface area contributed by atoms with Gasteiger partial charge in [0.1, 0.15) is 24.4 Å². The number of aliphatic hydroxyl groups is 5. The van der Waals surface area contributed by atoms with Crippen LogP contribution in [0, 0.1) is 0 Å². The zero-order chi connectivity index (χ0) is 12.3. The molecule has 96 valence electrons. The van der Waals surface area contributed by atoms with E-state index >= 15 is 0 Å². The molecule has 16 heavy (non-hydrogen) atoms. The van der Waals surface area contributed by atoms with Crippen LogP contribution in [0.1, 0.15) is 13.3 Å². The van der Waals surface area contributed by atoms with Gasteiger partial charge in [-0.3, -0.25) is 0 Å². The van der Waals surface area contributed by atoms with Gasteiger partial charge in [-0.2, -0.15) is 0 Å². The molecule has 7 heteroatoms. The lowest BCUT2D eigenvalue weighted by molar-refractivity contribution is -0.331. The number of aliphatic hydroxyl groups excluding tert-OH is 5. The van der Waals surface area contributed by atoms with Gasteiger partial charge in [0.25, 0.3) is 0 Å². The second kappa shape index (κ2) is 5.87. The predicted molar refractivity (Wildman–Crippen MR) is 51.2 cm³/mol. The maximum absolute atomic E-state index is 9.51. The molecule has 7 nitrogen and oxygen atoms in total. The fourth-order valence-corrected chi connectivity index (χ4v) is 1.43. The fourth-order valence-electron chi connectivity index (χ4n) is 1.43. The lowest BCUT2D eigenvalue weighted by atomic mass is 9.99. The van der Waals surface area contributed by atoms with E-state index in [-0.39, 0.29) is 6.42 Å². The standard InChI is InChI=1S/C9H18O7/c1-2-5(11)16-9-8(14)7(13)6(12)4(3-10)15-9/h4-14H,2-3H2,1H3/t4-,5?,6-,7+,8-,9?/m1/s1. The predicted octanol–water partition coefficient (Wildman–Crippen LogP) is -2.47. The molecule has 0 aliphatic carbocycles. The van der Waals surface area contributed by atoms with Gasteiger partial charge in [-0.25, -0.2) is 0 Å². The highest BCUT2D eigenvalue weighted by atomic mass is 16.7. The summed E-state index contributed by atoms with van der Waals surface area (Å²) >= 11 is 0. The van der Waals surface area contributed by atoms with E-state index in [4.69, 9.17) is 14.6 Å². The molecule has 1 heterocycles. The third-order valence-corrected chi connectivity index (χ3v) is 2.49. The van der Waals surface area contributed by atoms with Gasteiger partial charge in [0.15, 0.2) is 12.6 Å². The van der Waals surface area contributed by atoms with Gasteiger partial charge in [0.2, 0.25) is 0 Å². The molecule has 0 radical (unpaired) electrons. The van der Waals surface area contributed by atoms with E-state index in [9.17, 15) is 20.4 Å². The summed E-state index contributed by atoms with van der Waals surface area (Å²) < 4.78 is 9.92. The smallest absolute Gasteiger partial charge is 0.189 e.